The Kier molecular flexibility index (Phi) is 4.70. The van der Waals surface area contributed by atoms with Crippen molar-refractivity contribution in [3.05, 3.63) is 23.5 Å². The van der Waals surface area contributed by atoms with Crippen LogP contribution in [-0.4, -0.2) is 19.4 Å². The molecule has 1 aromatic heterocycles. The number of aromatic nitrogens is 1. The monoisotopic (exact) mass is 262 g/mol. The highest BCUT2D eigenvalue weighted by atomic mass is 35.5. The van der Waals surface area contributed by atoms with Gasteiger partial charge in [-0.2, -0.15) is 0 Å². The summed E-state index contributed by atoms with van der Waals surface area (Å²) in [6.07, 6.45) is 2.90. The Balaban J connectivity index is 2.94. The van der Waals surface area contributed by atoms with Crippen molar-refractivity contribution >= 4 is 21.6 Å². The minimum atomic E-state index is -3.48. The van der Waals surface area contributed by atoms with E-state index in [1.165, 1.54) is 18.3 Å². The van der Waals surface area contributed by atoms with Crippen molar-refractivity contribution < 1.29 is 8.42 Å². The van der Waals surface area contributed by atoms with E-state index in [4.69, 9.17) is 11.6 Å². The van der Waals surface area contributed by atoms with Gasteiger partial charge in [0.05, 0.1) is 4.90 Å². The van der Waals surface area contributed by atoms with Gasteiger partial charge >= 0.3 is 0 Å². The van der Waals surface area contributed by atoms with Gasteiger partial charge in [0.2, 0.25) is 10.0 Å². The molecule has 1 heterocycles. The molecule has 4 nitrogen and oxygen atoms in total. The van der Waals surface area contributed by atoms with Crippen LogP contribution in [0.3, 0.4) is 0 Å². The van der Waals surface area contributed by atoms with Gasteiger partial charge in [0.1, 0.15) is 5.15 Å². The number of nitrogens with one attached hydrogen (secondary N) is 1. The summed E-state index contributed by atoms with van der Waals surface area (Å²) in [4.78, 5) is 3.90. The van der Waals surface area contributed by atoms with Crippen LogP contribution in [0.2, 0.25) is 5.15 Å². The van der Waals surface area contributed by atoms with Crippen LogP contribution in [0.1, 0.15) is 26.7 Å². The molecular weight excluding hydrogens is 248 g/mol. The van der Waals surface area contributed by atoms with Gasteiger partial charge in [0, 0.05) is 12.2 Å². The predicted octanol–water partition coefficient (Wildman–Crippen LogP) is 2.20. The molecule has 0 unspecified atom stereocenters. The van der Waals surface area contributed by atoms with Gasteiger partial charge < -0.3 is 0 Å². The van der Waals surface area contributed by atoms with Crippen molar-refractivity contribution in [1.82, 2.24) is 9.71 Å². The van der Waals surface area contributed by atoms with Gasteiger partial charge in [-0.25, -0.2) is 18.1 Å². The minimum Gasteiger partial charge on any atom is -0.244 e. The summed E-state index contributed by atoms with van der Waals surface area (Å²) in [6, 6.07) is 2.72. The van der Waals surface area contributed by atoms with Gasteiger partial charge in [-0.3, -0.25) is 0 Å². The molecule has 0 aliphatic carbocycles. The molecule has 0 spiro atoms. The van der Waals surface area contributed by atoms with Crippen molar-refractivity contribution in [3.8, 4) is 0 Å². The summed E-state index contributed by atoms with van der Waals surface area (Å²) >= 11 is 5.65. The van der Waals surface area contributed by atoms with Gasteiger partial charge in [0.25, 0.3) is 0 Å². The van der Waals surface area contributed by atoms with E-state index >= 15 is 0 Å². The zero-order chi connectivity index (χ0) is 12.2. The third-order valence-electron chi connectivity index (χ3n) is 2.32. The molecule has 0 amide bonds. The molecule has 90 valence electrons. The molecule has 0 aliphatic rings. The zero-order valence-electron chi connectivity index (χ0n) is 9.27. The van der Waals surface area contributed by atoms with Crippen LogP contribution in [-0.2, 0) is 10.0 Å². The highest BCUT2D eigenvalue weighted by Gasteiger charge is 2.18. The van der Waals surface area contributed by atoms with Crippen LogP contribution in [0.4, 0.5) is 0 Å². The Morgan fingerprint density at radius 1 is 1.44 bits per heavy atom. The average molecular weight is 263 g/mol. The van der Waals surface area contributed by atoms with E-state index < -0.39 is 10.0 Å². The first-order chi connectivity index (χ1) is 7.49. The standard InChI is InChI=1S/C10H15ClN2O2S/c1-3-8(4-2)13-16(14,15)9-5-6-12-10(11)7-9/h5-8,13H,3-4H2,1-2H3. The maximum atomic E-state index is 11.9. The van der Waals surface area contributed by atoms with E-state index in [-0.39, 0.29) is 16.1 Å². The van der Waals surface area contributed by atoms with Gasteiger partial charge in [0.15, 0.2) is 0 Å². The molecule has 1 rings (SSSR count). The van der Waals surface area contributed by atoms with Gasteiger partial charge in [-0.05, 0) is 25.0 Å². The lowest BCUT2D eigenvalue weighted by molar-refractivity contribution is 0.530. The molecular formula is C10H15ClN2O2S. The predicted molar refractivity (Wildman–Crippen MR) is 63.9 cm³/mol. The molecule has 0 saturated carbocycles. The number of sulfonamides is 1. The Hall–Kier alpha value is -0.650. The van der Waals surface area contributed by atoms with E-state index in [0.29, 0.717) is 0 Å². The lowest BCUT2D eigenvalue weighted by atomic mass is 10.2. The Labute approximate surface area is 101 Å². The summed E-state index contributed by atoms with van der Waals surface area (Å²) < 4.78 is 26.5. The van der Waals surface area contributed by atoms with Crippen molar-refractivity contribution in [3.63, 3.8) is 0 Å². The third-order valence-corrected chi connectivity index (χ3v) is 4.04. The molecule has 1 aromatic rings. The van der Waals surface area contributed by atoms with Crippen LogP contribution in [0.25, 0.3) is 0 Å². The molecule has 0 saturated heterocycles. The van der Waals surface area contributed by atoms with E-state index in [0.717, 1.165) is 12.8 Å². The molecule has 16 heavy (non-hydrogen) atoms. The lowest BCUT2D eigenvalue weighted by Gasteiger charge is -2.14. The maximum absolute atomic E-state index is 11.9. The topological polar surface area (TPSA) is 59.1 Å². The van der Waals surface area contributed by atoms with Crippen molar-refractivity contribution in [2.24, 2.45) is 0 Å². The number of rotatable bonds is 5. The van der Waals surface area contributed by atoms with Crippen LogP contribution in [0, 0.1) is 0 Å². The third kappa shape index (κ3) is 3.43. The smallest absolute Gasteiger partial charge is 0.240 e. The first-order valence-corrected chi connectivity index (χ1v) is 6.99. The molecule has 0 fully saturated rings. The van der Waals surface area contributed by atoms with E-state index in [2.05, 4.69) is 9.71 Å². The second-order valence-corrected chi connectivity index (χ2v) is 5.55. The maximum Gasteiger partial charge on any atom is 0.240 e. The van der Waals surface area contributed by atoms with Gasteiger partial charge in [-0.15, -0.1) is 0 Å². The number of nitrogens with zero attached hydrogens (tertiary/aromatic N) is 1. The number of pyridine rings is 1. The van der Waals surface area contributed by atoms with Crippen LogP contribution in [0.15, 0.2) is 23.2 Å². The fraction of sp³-hybridized carbons (Fsp3) is 0.500. The fourth-order valence-electron chi connectivity index (χ4n) is 1.29. The SMILES string of the molecule is CCC(CC)NS(=O)(=O)c1ccnc(Cl)c1. The molecule has 0 bridgehead atoms. The zero-order valence-corrected chi connectivity index (χ0v) is 10.8. The molecule has 0 radical (unpaired) electrons. The van der Waals surface area contributed by atoms with Crippen molar-refractivity contribution in [1.29, 1.82) is 0 Å². The number of hydrogen-bond acceptors (Lipinski definition) is 3. The molecule has 0 atom stereocenters. The lowest BCUT2D eigenvalue weighted by Crippen LogP contribution is -2.33. The first kappa shape index (κ1) is 13.4. The highest BCUT2D eigenvalue weighted by Crippen LogP contribution is 2.14. The second-order valence-electron chi connectivity index (χ2n) is 3.45. The van der Waals surface area contributed by atoms with E-state index in [9.17, 15) is 8.42 Å². The molecule has 6 heteroatoms. The van der Waals surface area contributed by atoms with Crippen LogP contribution >= 0.6 is 11.6 Å². The van der Waals surface area contributed by atoms with Crippen LogP contribution < -0.4 is 4.72 Å². The summed E-state index contributed by atoms with van der Waals surface area (Å²) in [5.41, 5.74) is 0. The first-order valence-electron chi connectivity index (χ1n) is 5.13. The normalized spacial score (nSPS) is 12.0. The second kappa shape index (κ2) is 5.61. The van der Waals surface area contributed by atoms with E-state index in [1.807, 2.05) is 13.8 Å². The Bertz CT molecular complexity index is 444. The summed E-state index contributed by atoms with van der Waals surface area (Å²) in [6.45, 7) is 3.88. The quantitative estimate of drug-likeness (QED) is 0.828. The minimum absolute atomic E-state index is 0.0445. The van der Waals surface area contributed by atoms with Crippen LogP contribution in [0.5, 0.6) is 0 Å². The molecule has 1 N–H and O–H groups in total. The fourth-order valence-corrected chi connectivity index (χ4v) is 2.95. The number of halogens is 1. The molecule has 0 aliphatic heterocycles. The number of hydrogen-bond donors (Lipinski definition) is 1. The Morgan fingerprint density at radius 2 is 2.06 bits per heavy atom. The Morgan fingerprint density at radius 3 is 2.56 bits per heavy atom. The average Bonchev–Trinajstić information content (AvgIpc) is 2.26. The summed E-state index contributed by atoms with van der Waals surface area (Å²) in [5.74, 6) is 0. The summed E-state index contributed by atoms with van der Waals surface area (Å²) in [7, 11) is -3.48. The largest absolute Gasteiger partial charge is 0.244 e. The summed E-state index contributed by atoms with van der Waals surface area (Å²) in [5, 5.41) is 0.174. The molecule has 0 aromatic carbocycles. The van der Waals surface area contributed by atoms with E-state index in [1.54, 1.807) is 0 Å². The highest BCUT2D eigenvalue weighted by molar-refractivity contribution is 7.89. The van der Waals surface area contributed by atoms with Crippen molar-refractivity contribution in [2.45, 2.75) is 37.6 Å². The van der Waals surface area contributed by atoms with Gasteiger partial charge in [-0.1, -0.05) is 25.4 Å². The van der Waals surface area contributed by atoms with Crippen molar-refractivity contribution in [2.75, 3.05) is 0 Å².